The highest BCUT2D eigenvalue weighted by atomic mass is 32.2. The van der Waals surface area contributed by atoms with E-state index >= 15 is 0 Å². The Labute approximate surface area is 284 Å². The number of benzene rings is 3. The van der Waals surface area contributed by atoms with Gasteiger partial charge in [-0.3, -0.25) is 0 Å². The van der Waals surface area contributed by atoms with Gasteiger partial charge >= 0.3 is 47.0 Å². The number of hydrogen-bond donors (Lipinski definition) is 0. The summed E-state index contributed by atoms with van der Waals surface area (Å²) in [5.41, 5.74) is 0. The fraction of sp³-hybridized carbons (Fsp3) is 0.357. The van der Waals surface area contributed by atoms with Crippen LogP contribution in [-0.4, -0.2) is 74.2 Å². The number of hydrogen-bond acceptors (Lipinski definition) is 5. The van der Waals surface area contributed by atoms with Gasteiger partial charge in [0.15, 0.2) is 24.8 Å². The normalized spacial score (nSPS) is 14.1. The molecule has 0 spiro atoms. The van der Waals surface area contributed by atoms with E-state index in [9.17, 15) is 87.6 Å². The standard InChI is InChI=1S/C20H19O2S.C8HF17O3S/c1-21-16-8-12-19(13-9-16)23(18-6-4-3-5-7-18)20-14-10-17(22-2)11-15-20;9-1(10,3(13,14)5(17,18)7(21,22)23)2(11,12)4(15,16)6(19,20)8(24,25)29(26,27)28/h3-15H,1-2H3;(H,26,27,28)/q+1;/p-1. The highest BCUT2D eigenvalue weighted by Crippen LogP contribution is 2.64. The van der Waals surface area contributed by atoms with Crippen LogP contribution in [0.4, 0.5) is 74.6 Å². The second-order valence-corrected chi connectivity index (χ2v) is 13.3. The molecule has 0 amide bonds. The first-order chi connectivity index (χ1) is 23.3. The Morgan fingerprint density at radius 2 is 0.750 bits per heavy atom. The predicted octanol–water partition coefficient (Wildman–Crippen LogP) is 9.30. The molecule has 0 aliphatic rings. The third-order valence-electron chi connectivity index (χ3n) is 6.58. The summed E-state index contributed by atoms with van der Waals surface area (Å²) < 4.78 is 255. The van der Waals surface area contributed by atoms with Gasteiger partial charge in [0.2, 0.25) is 0 Å². The van der Waals surface area contributed by atoms with Crippen LogP contribution in [0.2, 0.25) is 0 Å². The van der Waals surface area contributed by atoms with Crippen molar-refractivity contribution >= 4 is 21.0 Å². The summed E-state index contributed by atoms with van der Waals surface area (Å²) in [6, 6.07) is 27.2. The van der Waals surface area contributed by atoms with E-state index in [1.54, 1.807) is 14.2 Å². The van der Waals surface area contributed by atoms with Crippen LogP contribution < -0.4 is 9.47 Å². The summed E-state index contributed by atoms with van der Waals surface area (Å²) >= 11 is 0. The molecule has 0 N–H and O–H groups in total. The molecule has 0 atom stereocenters. The molecule has 0 radical (unpaired) electrons. The van der Waals surface area contributed by atoms with Crippen LogP contribution in [0.25, 0.3) is 0 Å². The summed E-state index contributed by atoms with van der Waals surface area (Å²) in [7, 11) is -4.91. The van der Waals surface area contributed by atoms with Gasteiger partial charge in [-0.05, 0) is 60.7 Å². The third-order valence-corrected chi connectivity index (χ3v) is 9.69. The average molecular weight is 823 g/mol. The van der Waals surface area contributed by atoms with E-state index in [2.05, 4.69) is 48.5 Å². The van der Waals surface area contributed by atoms with Gasteiger partial charge in [0, 0.05) is 0 Å². The van der Waals surface area contributed by atoms with Gasteiger partial charge in [-0.25, -0.2) is 8.42 Å². The number of alkyl halides is 17. The second kappa shape index (κ2) is 14.6. The minimum absolute atomic E-state index is 0.146. The van der Waals surface area contributed by atoms with Crippen molar-refractivity contribution in [2.24, 2.45) is 0 Å². The van der Waals surface area contributed by atoms with Crippen molar-refractivity contribution in [1.29, 1.82) is 0 Å². The Morgan fingerprint density at radius 1 is 0.462 bits per heavy atom. The van der Waals surface area contributed by atoms with Crippen molar-refractivity contribution in [3.8, 4) is 11.5 Å². The third kappa shape index (κ3) is 7.54. The van der Waals surface area contributed by atoms with Crippen molar-refractivity contribution in [3.05, 3.63) is 78.9 Å². The lowest BCUT2D eigenvalue weighted by Crippen LogP contribution is -2.75. The molecule has 5 nitrogen and oxygen atoms in total. The SMILES string of the molecule is COc1ccc([S+](c2ccccc2)c2ccc(OC)cc2)cc1.O=S(=O)([O-])C(F)(F)C(F)(F)C(F)(F)C(F)(F)C(F)(F)C(F)(F)C(F)(F)C(F)(F)F. The molecule has 0 aliphatic heterocycles. The average Bonchev–Trinajstić information content (AvgIpc) is 3.04. The maximum Gasteiger partial charge on any atom is 0.460 e. The lowest BCUT2D eigenvalue weighted by Gasteiger charge is -2.42. The first kappa shape index (κ1) is 44.5. The predicted molar refractivity (Wildman–Crippen MR) is 145 cm³/mol. The van der Waals surface area contributed by atoms with Crippen LogP contribution in [0.5, 0.6) is 11.5 Å². The van der Waals surface area contributed by atoms with Gasteiger partial charge in [-0.1, -0.05) is 18.2 Å². The molecule has 0 fully saturated rings. The van der Waals surface area contributed by atoms with Crippen LogP contribution in [0, 0.1) is 0 Å². The lowest BCUT2D eigenvalue weighted by atomic mass is 9.91. The van der Waals surface area contributed by atoms with Crippen LogP contribution in [0.15, 0.2) is 93.5 Å². The molecular weight excluding hydrogens is 803 g/mol. The van der Waals surface area contributed by atoms with Crippen LogP contribution in [0.3, 0.4) is 0 Å². The lowest BCUT2D eigenvalue weighted by molar-refractivity contribution is -0.458. The second-order valence-electron chi connectivity index (χ2n) is 9.89. The quantitative estimate of drug-likeness (QED) is 0.104. The molecule has 0 aliphatic carbocycles. The molecule has 0 saturated carbocycles. The Balaban J connectivity index is 0.000000367. The number of methoxy groups -OCH3 is 2. The topological polar surface area (TPSA) is 75.7 Å². The first-order valence-corrected chi connectivity index (χ1v) is 15.7. The smallest absolute Gasteiger partial charge is 0.460 e. The van der Waals surface area contributed by atoms with Crippen molar-refractivity contribution in [2.75, 3.05) is 14.2 Å². The van der Waals surface area contributed by atoms with E-state index < -0.39 is 57.1 Å². The van der Waals surface area contributed by atoms with Crippen molar-refractivity contribution in [1.82, 2.24) is 0 Å². The summed E-state index contributed by atoms with van der Waals surface area (Å²) in [4.78, 5) is 3.83. The molecule has 52 heavy (non-hydrogen) atoms. The highest BCUT2D eigenvalue weighted by molar-refractivity contribution is 7.97. The highest BCUT2D eigenvalue weighted by Gasteiger charge is 2.95. The van der Waals surface area contributed by atoms with E-state index in [-0.39, 0.29) is 10.9 Å². The maximum absolute atomic E-state index is 13.0. The molecule has 3 aromatic carbocycles. The van der Waals surface area contributed by atoms with E-state index in [1.807, 2.05) is 30.3 Å². The monoisotopic (exact) mass is 822 g/mol. The summed E-state index contributed by atoms with van der Waals surface area (Å²) in [6.07, 6.45) is -7.89. The van der Waals surface area contributed by atoms with Gasteiger partial charge < -0.3 is 14.0 Å². The van der Waals surface area contributed by atoms with Gasteiger partial charge in [0.25, 0.3) is 0 Å². The van der Waals surface area contributed by atoms with Crippen LogP contribution in [-0.2, 0) is 21.0 Å². The number of halogens is 17. The maximum atomic E-state index is 13.0. The Bertz CT molecular complexity index is 1700. The molecule has 0 unspecified atom stereocenters. The molecule has 0 saturated heterocycles. The fourth-order valence-corrected chi connectivity index (χ4v) is 6.20. The zero-order chi connectivity index (χ0) is 40.6. The van der Waals surface area contributed by atoms with Crippen molar-refractivity contribution in [3.63, 3.8) is 0 Å². The summed E-state index contributed by atoms with van der Waals surface area (Å²) in [5.74, 6) is -50.4. The molecule has 0 aromatic heterocycles. The van der Waals surface area contributed by atoms with Gasteiger partial charge in [-0.15, -0.1) is 0 Å². The van der Waals surface area contributed by atoms with Gasteiger partial charge in [0.1, 0.15) is 11.5 Å². The zero-order valence-corrected chi connectivity index (χ0v) is 26.9. The van der Waals surface area contributed by atoms with Crippen LogP contribution in [0.1, 0.15) is 0 Å². The van der Waals surface area contributed by atoms with E-state index in [0.29, 0.717) is 0 Å². The Morgan fingerprint density at radius 3 is 1.04 bits per heavy atom. The Hall–Kier alpha value is -3.67. The van der Waals surface area contributed by atoms with E-state index in [1.165, 1.54) is 14.7 Å². The van der Waals surface area contributed by atoms with E-state index in [0.717, 1.165) is 11.5 Å². The zero-order valence-electron chi connectivity index (χ0n) is 25.3. The molecule has 3 aromatic rings. The molecule has 24 heteroatoms. The molecule has 292 valence electrons. The summed E-state index contributed by atoms with van der Waals surface area (Å²) in [6.45, 7) is 0. The largest absolute Gasteiger partial charge is 0.743 e. The summed E-state index contributed by atoms with van der Waals surface area (Å²) in [5, 5.41) is -7.95. The Kier molecular flexibility index (Phi) is 12.5. The van der Waals surface area contributed by atoms with Crippen molar-refractivity contribution in [2.45, 2.75) is 61.7 Å². The van der Waals surface area contributed by atoms with Crippen LogP contribution >= 0.6 is 0 Å². The molecular formula is C28H19F17O5S2. The fourth-order valence-electron chi connectivity index (χ4n) is 3.69. The van der Waals surface area contributed by atoms with Crippen molar-refractivity contribution < 1.29 is 97.1 Å². The molecule has 3 rings (SSSR count). The number of rotatable bonds is 12. The first-order valence-electron chi connectivity index (χ1n) is 13.1. The van der Waals surface area contributed by atoms with Gasteiger partial charge in [-0.2, -0.15) is 74.6 Å². The number of ether oxygens (including phenoxy) is 2. The molecule has 0 heterocycles. The van der Waals surface area contributed by atoms with E-state index in [4.69, 9.17) is 9.47 Å². The minimum Gasteiger partial charge on any atom is -0.743 e. The minimum atomic E-state index is -8.92. The molecule has 0 bridgehead atoms. The van der Waals surface area contributed by atoms with Gasteiger partial charge in [0.05, 0.1) is 25.1 Å².